The third-order valence-corrected chi connectivity index (χ3v) is 6.51. The van der Waals surface area contributed by atoms with Gasteiger partial charge in [0, 0.05) is 42.2 Å². The van der Waals surface area contributed by atoms with Crippen molar-refractivity contribution >= 4 is 59.1 Å². The summed E-state index contributed by atoms with van der Waals surface area (Å²) < 4.78 is 0. The first kappa shape index (κ1) is 32.9. The van der Waals surface area contributed by atoms with E-state index in [4.69, 9.17) is 22.9 Å². The number of carbonyl (C=O) groups excluding carboxylic acids is 4. The quantitative estimate of drug-likeness (QED) is 0.0414. The average Bonchev–Trinajstić information content (AvgIpc) is 3.33. The van der Waals surface area contributed by atoms with Crippen molar-refractivity contribution in [2.45, 2.75) is 56.3 Å². The van der Waals surface area contributed by atoms with Gasteiger partial charge in [0.15, 0.2) is 5.96 Å². The number of amides is 4. The summed E-state index contributed by atoms with van der Waals surface area (Å²) in [6.45, 7) is 0.164. The maximum Gasteiger partial charge on any atom is 0.327 e. The zero-order valence-electron chi connectivity index (χ0n) is 22.3. The summed E-state index contributed by atoms with van der Waals surface area (Å²) in [6, 6.07) is 2.54. The van der Waals surface area contributed by atoms with Gasteiger partial charge in [-0.1, -0.05) is 18.2 Å². The minimum absolute atomic E-state index is 0.00723. The molecular weight excluding hydrogens is 554 g/mol. The first-order valence-electron chi connectivity index (χ1n) is 12.8. The molecule has 2 aromatic rings. The Morgan fingerprint density at radius 3 is 2.20 bits per heavy atom. The van der Waals surface area contributed by atoms with Gasteiger partial charge >= 0.3 is 5.97 Å². The SMILES string of the molecule is NC(=O)CCC(N)C(=O)NC(CCCN=C(N)N)C(=O)NC(Cc1c[nH]c2ccccc12)C(=O)NC(CS)C(=O)O. The Bertz CT molecular complexity index is 1260. The summed E-state index contributed by atoms with van der Waals surface area (Å²) in [5.74, 6) is -4.42. The number of para-hydroxylation sites is 1. The first-order chi connectivity index (χ1) is 19.4. The highest BCUT2D eigenvalue weighted by Gasteiger charge is 2.30. The summed E-state index contributed by atoms with van der Waals surface area (Å²) in [6.07, 6.45) is 1.90. The summed E-state index contributed by atoms with van der Waals surface area (Å²) >= 11 is 3.98. The molecule has 13 N–H and O–H groups in total. The molecular formula is C25H37N9O6S. The third kappa shape index (κ3) is 10.6. The number of carboxylic acid groups (broad SMARTS) is 1. The molecule has 4 atom stereocenters. The monoisotopic (exact) mass is 591 g/mol. The predicted octanol–water partition coefficient (Wildman–Crippen LogP) is -2.17. The van der Waals surface area contributed by atoms with Crippen molar-refractivity contribution in [3.05, 3.63) is 36.0 Å². The topological polar surface area (TPSA) is 274 Å². The lowest BCUT2D eigenvalue weighted by molar-refractivity contribution is -0.141. The van der Waals surface area contributed by atoms with Crippen LogP contribution in [-0.4, -0.2) is 82.1 Å². The molecule has 41 heavy (non-hydrogen) atoms. The Labute approximate surface area is 241 Å². The maximum absolute atomic E-state index is 13.4. The number of carbonyl (C=O) groups is 5. The van der Waals surface area contributed by atoms with Crippen LogP contribution in [0.4, 0.5) is 0 Å². The molecule has 4 amide bonds. The van der Waals surface area contributed by atoms with Crippen molar-refractivity contribution in [3.63, 3.8) is 0 Å². The molecule has 0 aliphatic heterocycles. The van der Waals surface area contributed by atoms with Gasteiger partial charge in [-0.15, -0.1) is 0 Å². The number of hydrogen-bond donors (Lipinski definition) is 10. The first-order valence-corrected chi connectivity index (χ1v) is 13.4. The Morgan fingerprint density at radius 1 is 0.927 bits per heavy atom. The van der Waals surface area contributed by atoms with Crippen LogP contribution in [0.2, 0.25) is 0 Å². The zero-order valence-corrected chi connectivity index (χ0v) is 23.2. The molecule has 0 bridgehead atoms. The van der Waals surface area contributed by atoms with Crippen molar-refractivity contribution in [3.8, 4) is 0 Å². The molecule has 1 aromatic carbocycles. The second-order valence-electron chi connectivity index (χ2n) is 9.33. The van der Waals surface area contributed by atoms with E-state index in [0.29, 0.717) is 5.56 Å². The van der Waals surface area contributed by atoms with Crippen molar-refractivity contribution in [2.75, 3.05) is 12.3 Å². The van der Waals surface area contributed by atoms with Crippen LogP contribution in [0.1, 0.15) is 31.2 Å². The van der Waals surface area contributed by atoms with E-state index < -0.39 is 53.8 Å². The van der Waals surface area contributed by atoms with E-state index in [-0.39, 0.29) is 50.4 Å². The second kappa shape index (κ2) is 16.1. The number of nitrogens with one attached hydrogen (secondary N) is 4. The van der Waals surface area contributed by atoms with E-state index in [0.717, 1.165) is 10.9 Å². The molecule has 0 aliphatic rings. The number of thiol groups is 1. The van der Waals surface area contributed by atoms with Gasteiger partial charge in [-0.3, -0.25) is 24.2 Å². The number of aromatic nitrogens is 1. The van der Waals surface area contributed by atoms with Gasteiger partial charge in [-0.25, -0.2) is 4.79 Å². The summed E-state index contributed by atoms with van der Waals surface area (Å²) in [4.78, 5) is 68.9. The number of primary amides is 1. The number of guanidine groups is 1. The van der Waals surface area contributed by atoms with Crippen LogP contribution in [0.5, 0.6) is 0 Å². The van der Waals surface area contributed by atoms with Crippen LogP contribution < -0.4 is 38.9 Å². The smallest absolute Gasteiger partial charge is 0.327 e. The lowest BCUT2D eigenvalue weighted by atomic mass is 10.0. The largest absolute Gasteiger partial charge is 0.480 e. The minimum atomic E-state index is -1.30. The lowest BCUT2D eigenvalue weighted by Crippen LogP contribution is -2.57. The predicted molar refractivity (Wildman–Crippen MR) is 156 cm³/mol. The Kier molecular flexibility index (Phi) is 12.9. The number of aliphatic carboxylic acids is 1. The van der Waals surface area contributed by atoms with E-state index in [2.05, 4.69) is 38.6 Å². The standard InChI is InChI=1S/C25H37N9O6S/c26-15(7-8-20(27)35)21(36)32-17(6-3-9-30-25(28)29)22(37)33-18(23(38)34-19(12-41)24(39)40)10-13-11-31-16-5-2-1-4-14(13)16/h1-2,4-5,11,15,17-19,31,41H,3,6-10,12,26H2,(H2,27,35)(H,32,36)(H,33,37)(H,34,38)(H,39,40)(H4,28,29,30). The summed E-state index contributed by atoms with van der Waals surface area (Å²) in [5, 5.41) is 17.8. The lowest BCUT2D eigenvalue weighted by Gasteiger charge is -2.25. The minimum Gasteiger partial charge on any atom is -0.480 e. The maximum atomic E-state index is 13.4. The van der Waals surface area contributed by atoms with E-state index >= 15 is 0 Å². The number of fused-ring (bicyclic) bond motifs is 1. The number of nitrogens with zero attached hydrogens (tertiary/aromatic N) is 1. The van der Waals surface area contributed by atoms with Gasteiger partial charge < -0.3 is 49.0 Å². The van der Waals surface area contributed by atoms with E-state index in [9.17, 15) is 29.1 Å². The van der Waals surface area contributed by atoms with E-state index in [1.165, 1.54) is 0 Å². The number of benzene rings is 1. The van der Waals surface area contributed by atoms with Crippen LogP contribution in [-0.2, 0) is 30.4 Å². The molecule has 224 valence electrons. The Hall–Kier alpha value is -4.31. The number of nitrogens with two attached hydrogens (primary N) is 4. The number of aromatic amines is 1. The fraction of sp³-hybridized carbons (Fsp3) is 0.440. The molecule has 16 heteroatoms. The van der Waals surface area contributed by atoms with Gasteiger partial charge in [-0.2, -0.15) is 12.6 Å². The normalized spacial score (nSPS) is 13.8. The molecule has 0 saturated carbocycles. The molecule has 0 radical (unpaired) electrons. The van der Waals surface area contributed by atoms with E-state index in [1.54, 1.807) is 6.20 Å². The molecule has 0 fully saturated rings. The van der Waals surface area contributed by atoms with Crippen molar-refractivity contribution < 1.29 is 29.1 Å². The number of rotatable bonds is 17. The highest BCUT2D eigenvalue weighted by atomic mass is 32.1. The molecule has 0 saturated heterocycles. The number of hydrogen-bond acceptors (Lipinski definition) is 8. The highest BCUT2D eigenvalue weighted by molar-refractivity contribution is 7.80. The molecule has 1 aromatic heterocycles. The molecule has 15 nitrogen and oxygen atoms in total. The van der Waals surface area contributed by atoms with Crippen LogP contribution in [0, 0.1) is 0 Å². The van der Waals surface area contributed by atoms with Crippen LogP contribution in [0.25, 0.3) is 10.9 Å². The highest BCUT2D eigenvalue weighted by Crippen LogP contribution is 2.19. The molecule has 0 aliphatic carbocycles. The fourth-order valence-corrected chi connectivity index (χ4v) is 4.19. The van der Waals surface area contributed by atoms with Crippen molar-refractivity contribution in [1.82, 2.24) is 20.9 Å². The average molecular weight is 592 g/mol. The van der Waals surface area contributed by atoms with E-state index in [1.807, 2.05) is 24.3 Å². The van der Waals surface area contributed by atoms with Crippen molar-refractivity contribution in [2.24, 2.45) is 27.9 Å². The molecule has 4 unspecified atom stereocenters. The third-order valence-electron chi connectivity index (χ3n) is 6.15. The Morgan fingerprint density at radius 2 is 1.56 bits per heavy atom. The van der Waals surface area contributed by atoms with Crippen LogP contribution in [0.15, 0.2) is 35.5 Å². The van der Waals surface area contributed by atoms with Crippen molar-refractivity contribution in [1.29, 1.82) is 0 Å². The van der Waals surface area contributed by atoms with Gasteiger partial charge in [0.1, 0.15) is 18.1 Å². The number of carboxylic acids is 1. The molecule has 1 heterocycles. The summed E-state index contributed by atoms with van der Waals surface area (Å²) in [5.41, 5.74) is 23.2. The number of H-pyrrole nitrogens is 1. The van der Waals surface area contributed by atoms with Crippen LogP contribution in [0.3, 0.4) is 0 Å². The van der Waals surface area contributed by atoms with Gasteiger partial charge in [0.2, 0.25) is 23.6 Å². The zero-order chi connectivity index (χ0) is 30.5. The van der Waals surface area contributed by atoms with Crippen LogP contribution >= 0.6 is 12.6 Å². The fourth-order valence-electron chi connectivity index (χ4n) is 3.94. The van der Waals surface area contributed by atoms with Gasteiger partial charge in [-0.05, 0) is 30.9 Å². The van der Waals surface area contributed by atoms with Gasteiger partial charge in [0.25, 0.3) is 0 Å². The molecule has 0 spiro atoms. The van der Waals surface area contributed by atoms with Gasteiger partial charge in [0.05, 0.1) is 6.04 Å². The summed E-state index contributed by atoms with van der Waals surface area (Å²) in [7, 11) is 0. The second-order valence-corrected chi connectivity index (χ2v) is 9.69. The molecule has 2 rings (SSSR count). The Balaban J connectivity index is 2.29. The number of aliphatic imine (C=N–C) groups is 1.